The molecule has 1 atom stereocenters. The van der Waals surface area contributed by atoms with Crippen LogP contribution in [0.4, 0.5) is 5.69 Å². The lowest BCUT2D eigenvalue weighted by Crippen LogP contribution is -2.40. The Bertz CT molecular complexity index is 653. The Balaban J connectivity index is 2.08. The number of para-hydroxylation sites is 1. The van der Waals surface area contributed by atoms with Gasteiger partial charge in [-0.3, -0.25) is 24.1 Å². The van der Waals surface area contributed by atoms with Gasteiger partial charge < -0.3 is 9.64 Å². The minimum Gasteiger partial charge on any atom is -0.451 e. The third kappa shape index (κ3) is 2.83. The first kappa shape index (κ1) is 15.7. The summed E-state index contributed by atoms with van der Waals surface area (Å²) in [6.45, 7) is 1.04. The van der Waals surface area contributed by atoms with Gasteiger partial charge in [0.05, 0.1) is 11.3 Å². The molecule has 0 saturated heterocycles. The van der Waals surface area contributed by atoms with Crippen LogP contribution < -0.4 is 4.90 Å². The normalized spacial score (nSPS) is 14.6. The van der Waals surface area contributed by atoms with Crippen LogP contribution in [0.25, 0.3) is 0 Å². The number of carbonyl (C=O) groups excluding carboxylic acids is 4. The van der Waals surface area contributed by atoms with Crippen molar-refractivity contribution in [3.63, 3.8) is 0 Å². The fourth-order valence-electron chi connectivity index (χ4n) is 2.18. The summed E-state index contributed by atoms with van der Waals surface area (Å²) in [5.41, 5.74) is 0.638. The molecule has 0 N–H and O–H groups in total. The van der Waals surface area contributed by atoms with Crippen LogP contribution in [0.1, 0.15) is 17.3 Å². The van der Waals surface area contributed by atoms with Gasteiger partial charge in [-0.1, -0.05) is 12.1 Å². The standard InChI is InChI=1S/C15H16N2O5/c1-9(14(20)16(2)3)22-12(18)8-17-11-7-5-4-6-10(11)13(19)15(17)21/h4-7,9H,8H2,1-3H3/t9-/m1/s1. The van der Waals surface area contributed by atoms with Gasteiger partial charge in [-0.2, -0.15) is 0 Å². The van der Waals surface area contributed by atoms with Crippen molar-refractivity contribution in [2.75, 3.05) is 25.5 Å². The van der Waals surface area contributed by atoms with Crippen molar-refractivity contribution >= 4 is 29.3 Å². The maximum absolute atomic E-state index is 11.9. The van der Waals surface area contributed by atoms with Crippen LogP contribution in [0.15, 0.2) is 24.3 Å². The number of likely N-dealkylation sites (N-methyl/N-ethyl adjacent to an activating group) is 1. The van der Waals surface area contributed by atoms with E-state index in [2.05, 4.69) is 0 Å². The van der Waals surface area contributed by atoms with E-state index in [4.69, 9.17) is 4.74 Å². The Morgan fingerprint density at radius 2 is 1.86 bits per heavy atom. The first-order valence-corrected chi connectivity index (χ1v) is 6.68. The molecule has 1 aromatic carbocycles. The molecule has 2 rings (SSSR count). The molecule has 1 aromatic rings. The highest BCUT2D eigenvalue weighted by Crippen LogP contribution is 2.28. The monoisotopic (exact) mass is 304 g/mol. The van der Waals surface area contributed by atoms with Crippen molar-refractivity contribution in [2.45, 2.75) is 13.0 Å². The Labute approximate surface area is 127 Å². The second-order valence-electron chi connectivity index (χ2n) is 5.10. The summed E-state index contributed by atoms with van der Waals surface area (Å²) < 4.78 is 5.00. The van der Waals surface area contributed by atoms with Gasteiger partial charge in [0.25, 0.3) is 17.6 Å². The number of ether oxygens (including phenoxy) is 1. The fourth-order valence-corrected chi connectivity index (χ4v) is 2.18. The lowest BCUT2D eigenvalue weighted by Gasteiger charge is -2.19. The first-order valence-electron chi connectivity index (χ1n) is 6.68. The third-order valence-corrected chi connectivity index (χ3v) is 3.26. The molecular formula is C15H16N2O5. The van der Waals surface area contributed by atoms with Crippen LogP contribution in [0.5, 0.6) is 0 Å². The van der Waals surface area contributed by atoms with Crippen LogP contribution in [0.3, 0.4) is 0 Å². The molecule has 116 valence electrons. The maximum atomic E-state index is 11.9. The van der Waals surface area contributed by atoms with Crippen LogP contribution in [-0.2, 0) is 19.1 Å². The number of amides is 2. The fraction of sp³-hybridized carbons (Fsp3) is 0.333. The second kappa shape index (κ2) is 5.97. The zero-order valence-electron chi connectivity index (χ0n) is 12.5. The lowest BCUT2D eigenvalue weighted by atomic mass is 10.1. The maximum Gasteiger partial charge on any atom is 0.326 e. The van der Waals surface area contributed by atoms with Crippen molar-refractivity contribution in [3.8, 4) is 0 Å². The van der Waals surface area contributed by atoms with Gasteiger partial charge in [-0.25, -0.2) is 0 Å². The Hall–Kier alpha value is -2.70. The smallest absolute Gasteiger partial charge is 0.326 e. The zero-order valence-corrected chi connectivity index (χ0v) is 12.5. The number of fused-ring (bicyclic) bond motifs is 1. The zero-order chi connectivity index (χ0) is 16.4. The number of ketones is 1. The van der Waals surface area contributed by atoms with Gasteiger partial charge in [0.15, 0.2) is 6.10 Å². The van der Waals surface area contributed by atoms with E-state index >= 15 is 0 Å². The predicted molar refractivity (Wildman–Crippen MR) is 77.4 cm³/mol. The summed E-state index contributed by atoms with van der Waals surface area (Å²) in [5.74, 6) is -2.54. The number of anilines is 1. The number of benzene rings is 1. The Kier molecular flexibility index (Phi) is 4.25. The molecule has 7 nitrogen and oxygen atoms in total. The highest BCUT2D eigenvalue weighted by atomic mass is 16.5. The van der Waals surface area contributed by atoms with Crippen molar-refractivity contribution in [1.29, 1.82) is 0 Å². The third-order valence-electron chi connectivity index (χ3n) is 3.26. The quantitative estimate of drug-likeness (QED) is 0.587. The van der Waals surface area contributed by atoms with E-state index in [1.54, 1.807) is 32.3 Å². The van der Waals surface area contributed by atoms with E-state index in [9.17, 15) is 19.2 Å². The van der Waals surface area contributed by atoms with Crippen LogP contribution in [0, 0.1) is 0 Å². The number of carbonyl (C=O) groups is 4. The molecule has 2 amide bonds. The number of hydrogen-bond acceptors (Lipinski definition) is 5. The predicted octanol–water partition coefficient (Wildman–Crippen LogP) is 0.236. The number of Topliss-reactive ketones (excluding diaryl/α,β-unsaturated/α-hetero) is 1. The van der Waals surface area contributed by atoms with Gasteiger partial charge in [0, 0.05) is 14.1 Å². The van der Waals surface area contributed by atoms with Crippen LogP contribution in [-0.4, -0.2) is 55.2 Å². The topological polar surface area (TPSA) is 84.0 Å². The minimum absolute atomic E-state index is 0.262. The summed E-state index contributed by atoms with van der Waals surface area (Å²) in [6.07, 6.45) is -0.953. The molecule has 1 aliphatic rings. The highest BCUT2D eigenvalue weighted by molar-refractivity contribution is 6.52. The summed E-state index contributed by atoms with van der Waals surface area (Å²) in [6, 6.07) is 6.42. The van der Waals surface area contributed by atoms with Crippen molar-refractivity contribution in [1.82, 2.24) is 4.90 Å². The number of esters is 1. The summed E-state index contributed by atoms with van der Waals surface area (Å²) in [7, 11) is 3.09. The van der Waals surface area contributed by atoms with E-state index in [1.165, 1.54) is 17.9 Å². The molecule has 1 heterocycles. The van der Waals surface area contributed by atoms with Gasteiger partial charge in [0.2, 0.25) is 0 Å². The molecule has 0 unspecified atom stereocenters. The molecule has 1 aliphatic heterocycles. The number of nitrogens with zero attached hydrogens (tertiary/aromatic N) is 2. The highest BCUT2D eigenvalue weighted by Gasteiger charge is 2.37. The Morgan fingerprint density at radius 3 is 2.50 bits per heavy atom. The molecule has 0 fully saturated rings. The first-order chi connectivity index (χ1) is 10.3. The van der Waals surface area contributed by atoms with E-state index in [-0.39, 0.29) is 11.5 Å². The van der Waals surface area contributed by atoms with Gasteiger partial charge in [-0.15, -0.1) is 0 Å². The van der Waals surface area contributed by atoms with Crippen molar-refractivity contribution < 1.29 is 23.9 Å². The largest absolute Gasteiger partial charge is 0.451 e. The molecule has 0 aromatic heterocycles. The number of hydrogen-bond donors (Lipinski definition) is 0. The molecule has 22 heavy (non-hydrogen) atoms. The molecule has 0 saturated carbocycles. The lowest BCUT2D eigenvalue weighted by molar-refractivity contribution is -0.156. The summed E-state index contributed by atoms with van der Waals surface area (Å²) in [5, 5.41) is 0. The SMILES string of the molecule is C[C@@H](OC(=O)CN1C(=O)C(=O)c2ccccc21)C(=O)N(C)C. The average molecular weight is 304 g/mol. The van der Waals surface area contributed by atoms with Gasteiger partial charge >= 0.3 is 5.97 Å². The Morgan fingerprint density at radius 1 is 1.23 bits per heavy atom. The molecule has 0 aliphatic carbocycles. The molecule has 0 bridgehead atoms. The van der Waals surface area contributed by atoms with E-state index in [0.29, 0.717) is 5.69 Å². The molecular weight excluding hydrogens is 288 g/mol. The van der Waals surface area contributed by atoms with Gasteiger partial charge in [0.1, 0.15) is 6.54 Å². The molecule has 0 spiro atoms. The number of rotatable bonds is 4. The van der Waals surface area contributed by atoms with E-state index in [1.807, 2.05) is 0 Å². The van der Waals surface area contributed by atoms with Crippen molar-refractivity contribution in [2.24, 2.45) is 0 Å². The summed E-state index contributed by atoms with van der Waals surface area (Å²) >= 11 is 0. The second-order valence-corrected chi connectivity index (χ2v) is 5.10. The minimum atomic E-state index is -0.953. The molecule has 0 radical (unpaired) electrons. The average Bonchev–Trinajstić information content (AvgIpc) is 2.72. The van der Waals surface area contributed by atoms with Crippen LogP contribution in [0.2, 0.25) is 0 Å². The van der Waals surface area contributed by atoms with Crippen molar-refractivity contribution in [3.05, 3.63) is 29.8 Å². The molecule has 7 heteroatoms. The van der Waals surface area contributed by atoms with Crippen LogP contribution >= 0.6 is 0 Å². The van der Waals surface area contributed by atoms with E-state index < -0.39 is 30.3 Å². The van der Waals surface area contributed by atoms with Gasteiger partial charge in [-0.05, 0) is 19.1 Å². The summed E-state index contributed by atoms with van der Waals surface area (Å²) in [4.78, 5) is 49.6. The van der Waals surface area contributed by atoms with E-state index in [0.717, 1.165) is 4.90 Å².